The van der Waals surface area contributed by atoms with Crippen LogP contribution in [0.5, 0.6) is 0 Å². The van der Waals surface area contributed by atoms with E-state index in [0.29, 0.717) is 38.1 Å². The fourth-order valence-electron chi connectivity index (χ4n) is 2.36. The van der Waals surface area contributed by atoms with E-state index in [1.165, 1.54) is 5.01 Å². The number of nitrogens with one attached hydrogen (secondary N) is 2. The summed E-state index contributed by atoms with van der Waals surface area (Å²) in [5, 5.41) is 1.37. The van der Waals surface area contributed by atoms with Gasteiger partial charge in [-0.3, -0.25) is 16.3 Å². The summed E-state index contributed by atoms with van der Waals surface area (Å²) in [6.45, 7) is 7.43. The standard InChI is InChI=1S/C12H30N8O3Si/c1-4-21-24(22-5-2,23-6-3)9-7-8-10-16-11(18-13)17-12(19-14)20(10)15/h12,19H,4-9,13-15H2,1-3H3,(H,17,18). The van der Waals surface area contributed by atoms with Gasteiger partial charge in [-0.2, -0.15) is 4.99 Å². The summed E-state index contributed by atoms with van der Waals surface area (Å²) in [6.07, 6.45) is 0.682. The molecule has 0 saturated carbocycles. The number of nitrogens with zero attached hydrogens (tertiary/aromatic N) is 3. The Balaban J connectivity index is 2.71. The predicted octanol–water partition coefficient (Wildman–Crippen LogP) is -1.03. The van der Waals surface area contributed by atoms with Crippen molar-refractivity contribution in [1.82, 2.24) is 15.9 Å². The molecule has 1 aliphatic rings. The average Bonchev–Trinajstić information content (AvgIpc) is 2.57. The molecule has 12 heteroatoms. The molecule has 0 fully saturated rings. The molecule has 8 N–H and O–H groups in total. The number of aliphatic imine (C=N–C) groups is 2. The fraction of sp³-hybridized carbons (Fsp3) is 0.833. The van der Waals surface area contributed by atoms with Crippen molar-refractivity contribution in [1.29, 1.82) is 0 Å². The zero-order valence-corrected chi connectivity index (χ0v) is 15.6. The Morgan fingerprint density at radius 1 is 1.12 bits per heavy atom. The van der Waals surface area contributed by atoms with Crippen LogP contribution < -0.4 is 28.4 Å². The lowest BCUT2D eigenvalue weighted by Crippen LogP contribution is -2.57. The van der Waals surface area contributed by atoms with Gasteiger partial charge in [0.1, 0.15) is 5.84 Å². The van der Waals surface area contributed by atoms with Crippen molar-refractivity contribution in [2.24, 2.45) is 27.5 Å². The highest BCUT2D eigenvalue weighted by molar-refractivity contribution is 6.60. The number of hydrogen-bond acceptors (Lipinski definition) is 11. The van der Waals surface area contributed by atoms with E-state index in [1.807, 2.05) is 20.8 Å². The van der Waals surface area contributed by atoms with E-state index in [-0.39, 0.29) is 5.96 Å². The molecule has 1 rings (SSSR count). The highest BCUT2D eigenvalue weighted by Crippen LogP contribution is 2.20. The number of nitrogens with two attached hydrogens (primary N) is 3. The Morgan fingerprint density at radius 2 is 1.71 bits per heavy atom. The first-order chi connectivity index (χ1) is 11.6. The summed E-state index contributed by atoms with van der Waals surface area (Å²) < 4.78 is 17.5. The summed E-state index contributed by atoms with van der Waals surface area (Å²) in [5.74, 6) is 17.7. The van der Waals surface area contributed by atoms with Gasteiger partial charge in [0.2, 0.25) is 12.2 Å². The normalized spacial score (nSPS) is 18.4. The molecule has 0 amide bonds. The van der Waals surface area contributed by atoms with Gasteiger partial charge in [0.25, 0.3) is 0 Å². The van der Waals surface area contributed by atoms with Gasteiger partial charge in [-0.05, 0) is 27.2 Å². The second-order valence-corrected chi connectivity index (χ2v) is 7.64. The van der Waals surface area contributed by atoms with Crippen molar-refractivity contribution in [2.75, 3.05) is 19.8 Å². The summed E-state index contributed by atoms with van der Waals surface area (Å²) in [4.78, 5) is 8.35. The largest absolute Gasteiger partial charge is 0.500 e. The van der Waals surface area contributed by atoms with Crippen LogP contribution in [0.4, 0.5) is 0 Å². The second-order valence-electron chi connectivity index (χ2n) is 4.91. The quantitative estimate of drug-likeness (QED) is 0.176. The van der Waals surface area contributed by atoms with Crippen molar-refractivity contribution in [3.8, 4) is 0 Å². The van der Waals surface area contributed by atoms with Gasteiger partial charge in [-0.1, -0.05) is 0 Å². The molecule has 140 valence electrons. The van der Waals surface area contributed by atoms with Crippen LogP contribution in [0.1, 0.15) is 33.6 Å². The molecule has 1 unspecified atom stereocenters. The molecule has 0 aromatic rings. The summed E-state index contributed by atoms with van der Waals surface area (Å²) in [7, 11) is -2.68. The van der Waals surface area contributed by atoms with Gasteiger partial charge in [-0.15, -0.1) is 0 Å². The van der Waals surface area contributed by atoms with Gasteiger partial charge in [0.05, 0.1) is 0 Å². The fourth-order valence-corrected chi connectivity index (χ4v) is 4.98. The highest BCUT2D eigenvalue weighted by Gasteiger charge is 2.40. The molecular formula is C12H30N8O3Si. The summed E-state index contributed by atoms with van der Waals surface area (Å²) in [5.41, 5.74) is 4.89. The molecule has 0 aliphatic carbocycles. The number of guanidine groups is 1. The maximum Gasteiger partial charge on any atom is 0.500 e. The van der Waals surface area contributed by atoms with Gasteiger partial charge in [0.15, 0.2) is 0 Å². The second kappa shape index (κ2) is 10.7. The highest BCUT2D eigenvalue weighted by atomic mass is 28.4. The molecule has 0 radical (unpaired) electrons. The SMILES string of the molecule is CCO[Si](CCCC1=NC(NN)=NC(NN)N1N)(OCC)OCC. The van der Waals surface area contributed by atoms with Crippen molar-refractivity contribution >= 4 is 20.6 Å². The van der Waals surface area contributed by atoms with Gasteiger partial charge < -0.3 is 13.3 Å². The smallest absolute Gasteiger partial charge is 0.374 e. The van der Waals surface area contributed by atoms with Crippen LogP contribution in [-0.2, 0) is 13.3 Å². The third-order valence-electron chi connectivity index (χ3n) is 3.30. The van der Waals surface area contributed by atoms with Crippen LogP contribution in [0.2, 0.25) is 6.04 Å². The molecule has 0 aromatic carbocycles. The lowest BCUT2D eigenvalue weighted by molar-refractivity contribution is 0.0709. The van der Waals surface area contributed by atoms with Crippen molar-refractivity contribution in [2.45, 2.75) is 45.9 Å². The lowest BCUT2D eigenvalue weighted by atomic mass is 10.3. The lowest BCUT2D eigenvalue weighted by Gasteiger charge is -2.31. The van der Waals surface area contributed by atoms with E-state index in [2.05, 4.69) is 20.8 Å². The average molecular weight is 363 g/mol. The van der Waals surface area contributed by atoms with Crippen LogP contribution in [0.25, 0.3) is 0 Å². The first-order valence-corrected chi connectivity index (χ1v) is 10.0. The number of hydrogen-bond donors (Lipinski definition) is 5. The minimum atomic E-state index is -2.68. The maximum absolute atomic E-state index is 5.98. The minimum absolute atomic E-state index is 0.262. The van der Waals surface area contributed by atoms with Crippen LogP contribution in [-0.4, -0.2) is 51.7 Å². The molecule has 0 aromatic heterocycles. The molecule has 0 spiro atoms. The number of hydrazine groups is 3. The Bertz CT molecular complexity index is 420. The van der Waals surface area contributed by atoms with E-state index in [4.69, 9.17) is 30.8 Å². The first-order valence-electron chi connectivity index (χ1n) is 8.09. The zero-order valence-electron chi connectivity index (χ0n) is 14.6. The van der Waals surface area contributed by atoms with Gasteiger partial charge in [-0.25, -0.2) is 22.1 Å². The Labute approximate surface area is 143 Å². The molecular weight excluding hydrogens is 332 g/mol. The van der Waals surface area contributed by atoms with Crippen LogP contribution in [0.15, 0.2) is 9.98 Å². The monoisotopic (exact) mass is 362 g/mol. The van der Waals surface area contributed by atoms with Crippen molar-refractivity contribution in [3.05, 3.63) is 0 Å². The molecule has 24 heavy (non-hydrogen) atoms. The topological polar surface area (TPSA) is 158 Å². The maximum atomic E-state index is 5.98. The third kappa shape index (κ3) is 5.75. The summed E-state index contributed by atoms with van der Waals surface area (Å²) in [6, 6.07) is 0.665. The van der Waals surface area contributed by atoms with Gasteiger partial charge >= 0.3 is 8.80 Å². The third-order valence-corrected chi connectivity index (χ3v) is 6.45. The van der Waals surface area contributed by atoms with E-state index in [0.717, 1.165) is 6.42 Å². The molecule has 1 aliphatic heterocycles. The molecule has 0 saturated heterocycles. The van der Waals surface area contributed by atoms with Crippen molar-refractivity contribution < 1.29 is 13.3 Å². The predicted molar refractivity (Wildman–Crippen MR) is 94.0 cm³/mol. The van der Waals surface area contributed by atoms with Gasteiger partial charge in [0, 0.05) is 32.3 Å². The van der Waals surface area contributed by atoms with Crippen LogP contribution >= 0.6 is 0 Å². The summed E-state index contributed by atoms with van der Waals surface area (Å²) >= 11 is 0. The Kier molecular flexibility index (Phi) is 9.31. The number of rotatable bonds is 11. The Morgan fingerprint density at radius 3 is 2.17 bits per heavy atom. The molecule has 11 nitrogen and oxygen atoms in total. The van der Waals surface area contributed by atoms with Crippen LogP contribution in [0.3, 0.4) is 0 Å². The minimum Gasteiger partial charge on any atom is -0.374 e. The Hall–Kier alpha value is -1.12. The molecule has 1 heterocycles. The van der Waals surface area contributed by atoms with Crippen molar-refractivity contribution in [3.63, 3.8) is 0 Å². The molecule has 1 atom stereocenters. The van der Waals surface area contributed by atoms with E-state index in [9.17, 15) is 0 Å². The van der Waals surface area contributed by atoms with Crippen LogP contribution in [0, 0.1) is 0 Å². The van der Waals surface area contributed by atoms with E-state index >= 15 is 0 Å². The van der Waals surface area contributed by atoms with E-state index in [1.54, 1.807) is 0 Å². The van der Waals surface area contributed by atoms with E-state index < -0.39 is 15.1 Å². The first kappa shape index (κ1) is 20.9. The molecule has 0 bridgehead atoms. The number of amidine groups is 1. The zero-order chi connectivity index (χ0) is 18.0.